The molecule has 1 aromatic heterocycles. The van der Waals surface area contributed by atoms with Gasteiger partial charge in [0.15, 0.2) is 17.3 Å². The Morgan fingerprint density at radius 3 is 2.84 bits per heavy atom. The molecule has 0 amide bonds. The molecule has 2 rings (SSSR count). The standard InChI is InChI=1S/C12H13FN6/c1-18(9-4-2-3-8(13)7-9)11-10(14)19(12(15)16)6-5-17-11/h2-7,14H,1H3,(H3,15,16). The number of rotatable bonds is 2. The van der Waals surface area contributed by atoms with Crippen molar-refractivity contribution in [2.24, 2.45) is 5.73 Å². The maximum atomic E-state index is 13.2. The van der Waals surface area contributed by atoms with Crippen molar-refractivity contribution in [3.05, 3.63) is 48.0 Å². The third-order valence-electron chi connectivity index (χ3n) is 2.64. The normalized spacial score (nSPS) is 10.2. The van der Waals surface area contributed by atoms with Crippen LogP contribution in [0.4, 0.5) is 15.9 Å². The maximum Gasteiger partial charge on any atom is 0.198 e. The first kappa shape index (κ1) is 12.7. The molecule has 4 N–H and O–H groups in total. The van der Waals surface area contributed by atoms with Gasteiger partial charge in [-0.15, -0.1) is 0 Å². The molecule has 0 aliphatic carbocycles. The molecule has 1 aromatic carbocycles. The molecule has 0 aliphatic rings. The quantitative estimate of drug-likeness (QED) is 0.555. The number of nitrogens with zero attached hydrogens (tertiary/aromatic N) is 3. The number of hydrogen-bond donors (Lipinski definition) is 3. The van der Waals surface area contributed by atoms with E-state index in [1.165, 1.54) is 29.1 Å². The molecule has 0 spiro atoms. The second-order valence-electron chi connectivity index (χ2n) is 3.89. The van der Waals surface area contributed by atoms with Crippen molar-refractivity contribution >= 4 is 17.5 Å². The molecular formula is C12H13FN6. The van der Waals surface area contributed by atoms with Gasteiger partial charge in [-0.3, -0.25) is 15.4 Å². The van der Waals surface area contributed by atoms with E-state index in [4.69, 9.17) is 16.6 Å². The van der Waals surface area contributed by atoms with Crippen LogP contribution in [-0.2, 0) is 0 Å². The first-order valence-electron chi connectivity index (χ1n) is 5.46. The summed E-state index contributed by atoms with van der Waals surface area (Å²) in [5.74, 6) is -0.365. The molecule has 0 saturated carbocycles. The molecule has 7 heteroatoms. The summed E-state index contributed by atoms with van der Waals surface area (Å²) in [6.07, 6.45) is 2.86. The van der Waals surface area contributed by atoms with E-state index < -0.39 is 0 Å². The Bertz CT molecular complexity index is 678. The zero-order valence-electron chi connectivity index (χ0n) is 10.3. The Balaban J connectivity index is 2.51. The number of benzene rings is 1. The molecule has 0 saturated heterocycles. The van der Waals surface area contributed by atoms with E-state index >= 15 is 0 Å². The second kappa shape index (κ2) is 4.89. The Labute approximate surface area is 109 Å². The summed E-state index contributed by atoms with van der Waals surface area (Å²) in [5, 5.41) is 15.3. The van der Waals surface area contributed by atoms with Crippen molar-refractivity contribution in [1.82, 2.24) is 9.55 Å². The smallest absolute Gasteiger partial charge is 0.198 e. The van der Waals surface area contributed by atoms with Crippen molar-refractivity contribution in [1.29, 1.82) is 10.8 Å². The Hall–Kier alpha value is -2.70. The number of hydrogen-bond acceptors (Lipinski definition) is 4. The molecule has 0 unspecified atom stereocenters. The van der Waals surface area contributed by atoms with Gasteiger partial charge in [-0.2, -0.15) is 0 Å². The minimum absolute atomic E-state index is 0.0400. The second-order valence-corrected chi connectivity index (χ2v) is 3.89. The molecule has 1 heterocycles. The number of nitrogens with one attached hydrogen (secondary N) is 2. The first-order valence-corrected chi connectivity index (χ1v) is 5.46. The van der Waals surface area contributed by atoms with E-state index in [0.717, 1.165) is 0 Å². The van der Waals surface area contributed by atoms with Crippen molar-refractivity contribution < 1.29 is 4.39 Å². The van der Waals surface area contributed by atoms with Crippen LogP contribution in [0.2, 0.25) is 0 Å². The summed E-state index contributed by atoms with van der Waals surface area (Å²) < 4.78 is 14.4. The largest absolute Gasteiger partial charge is 0.369 e. The minimum atomic E-state index is -0.369. The van der Waals surface area contributed by atoms with Gasteiger partial charge < -0.3 is 10.6 Å². The lowest BCUT2D eigenvalue weighted by molar-refractivity contribution is 0.628. The van der Waals surface area contributed by atoms with E-state index in [2.05, 4.69) is 4.98 Å². The highest BCUT2D eigenvalue weighted by atomic mass is 19.1. The van der Waals surface area contributed by atoms with E-state index in [1.807, 2.05) is 0 Å². The summed E-state index contributed by atoms with van der Waals surface area (Å²) in [5.41, 5.74) is 5.88. The molecule has 6 nitrogen and oxygen atoms in total. The van der Waals surface area contributed by atoms with Gasteiger partial charge in [0.2, 0.25) is 0 Å². The molecule has 0 fully saturated rings. The first-order chi connectivity index (χ1) is 9.00. The summed E-state index contributed by atoms with van der Waals surface area (Å²) in [4.78, 5) is 5.63. The lowest BCUT2D eigenvalue weighted by Crippen LogP contribution is -2.35. The van der Waals surface area contributed by atoms with E-state index in [1.54, 1.807) is 24.1 Å². The fourth-order valence-electron chi connectivity index (χ4n) is 1.67. The van der Waals surface area contributed by atoms with Gasteiger partial charge >= 0.3 is 0 Å². The highest BCUT2D eigenvalue weighted by molar-refractivity contribution is 5.77. The topological polar surface area (TPSA) is 94.8 Å². The number of halogens is 1. The van der Waals surface area contributed by atoms with Crippen molar-refractivity contribution in [3.8, 4) is 0 Å². The average molecular weight is 260 g/mol. The number of anilines is 2. The van der Waals surface area contributed by atoms with Crippen molar-refractivity contribution in [3.63, 3.8) is 0 Å². The van der Waals surface area contributed by atoms with Crippen LogP contribution in [0.25, 0.3) is 0 Å². The van der Waals surface area contributed by atoms with Crippen LogP contribution in [0, 0.1) is 16.6 Å². The van der Waals surface area contributed by atoms with Gasteiger partial charge in [-0.05, 0) is 18.2 Å². The molecule has 0 atom stereocenters. The van der Waals surface area contributed by atoms with Gasteiger partial charge in [-0.1, -0.05) is 6.07 Å². The average Bonchev–Trinajstić information content (AvgIpc) is 2.38. The molecule has 19 heavy (non-hydrogen) atoms. The number of nitrogen functional groups attached to an aromatic ring is 1. The van der Waals surface area contributed by atoms with Crippen LogP contribution >= 0.6 is 0 Å². The van der Waals surface area contributed by atoms with Crippen molar-refractivity contribution in [2.75, 3.05) is 11.9 Å². The highest BCUT2D eigenvalue weighted by Gasteiger charge is 2.10. The van der Waals surface area contributed by atoms with Crippen LogP contribution in [0.3, 0.4) is 0 Å². The van der Waals surface area contributed by atoms with Crippen LogP contribution in [0.1, 0.15) is 0 Å². The molecule has 0 bridgehead atoms. The number of aromatic nitrogens is 2. The highest BCUT2D eigenvalue weighted by Crippen LogP contribution is 2.19. The summed E-state index contributed by atoms with van der Waals surface area (Å²) in [6.45, 7) is 0. The van der Waals surface area contributed by atoms with E-state index in [-0.39, 0.29) is 23.1 Å². The third-order valence-corrected chi connectivity index (χ3v) is 2.64. The van der Waals surface area contributed by atoms with Gasteiger partial charge in [0.25, 0.3) is 0 Å². The van der Waals surface area contributed by atoms with Crippen LogP contribution < -0.4 is 16.1 Å². The molecule has 0 radical (unpaired) electrons. The Morgan fingerprint density at radius 1 is 1.47 bits per heavy atom. The lowest BCUT2D eigenvalue weighted by atomic mass is 10.3. The predicted molar refractivity (Wildman–Crippen MR) is 69.9 cm³/mol. The van der Waals surface area contributed by atoms with Gasteiger partial charge in [0, 0.05) is 25.1 Å². The fourth-order valence-corrected chi connectivity index (χ4v) is 1.67. The predicted octanol–water partition coefficient (Wildman–Crippen LogP) is 1.01. The summed E-state index contributed by atoms with van der Waals surface area (Å²) in [7, 11) is 1.67. The molecule has 2 aromatic rings. The van der Waals surface area contributed by atoms with Gasteiger partial charge in [0.1, 0.15) is 5.82 Å². The van der Waals surface area contributed by atoms with Crippen molar-refractivity contribution in [2.45, 2.75) is 0 Å². The van der Waals surface area contributed by atoms with Gasteiger partial charge in [0.05, 0.1) is 0 Å². The van der Waals surface area contributed by atoms with Crippen LogP contribution in [0.5, 0.6) is 0 Å². The van der Waals surface area contributed by atoms with Gasteiger partial charge in [-0.25, -0.2) is 9.37 Å². The Kier molecular flexibility index (Phi) is 3.28. The molecule has 0 aliphatic heterocycles. The summed E-state index contributed by atoms with van der Waals surface area (Å²) >= 11 is 0. The monoisotopic (exact) mass is 260 g/mol. The van der Waals surface area contributed by atoms with Crippen LogP contribution in [-0.4, -0.2) is 22.6 Å². The van der Waals surface area contributed by atoms with Crippen LogP contribution in [0.15, 0.2) is 36.7 Å². The Morgan fingerprint density at radius 2 is 2.21 bits per heavy atom. The summed E-state index contributed by atoms with van der Waals surface area (Å²) in [6, 6.07) is 5.96. The number of nitrogens with two attached hydrogens (primary N) is 1. The molecule has 98 valence electrons. The lowest BCUT2D eigenvalue weighted by Gasteiger charge is -2.19. The third kappa shape index (κ3) is 2.44. The maximum absolute atomic E-state index is 13.2. The minimum Gasteiger partial charge on any atom is -0.369 e. The zero-order chi connectivity index (χ0) is 14.0. The van der Waals surface area contributed by atoms with E-state index in [0.29, 0.717) is 5.69 Å². The van der Waals surface area contributed by atoms with E-state index in [9.17, 15) is 4.39 Å². The SMILES string of the molecule is CN(c1cccc(F)c1)c1nccn(C(=N)N)c1=N. The molecular weight excluding hydrogens is 247 g/mol. The zero-order valence-corrected chi connectivity index (χ0v) is 10.3. The fraction of sp³-hybridized carbons (Fsp3) is 0.0833.